The van der Waals surface area contributed by atoms with Gasteiger partial charge in [-0.05, 0) is 25.1 Å². The second kappa shape index (κ2) is 11.5. The smallest absolute Gasteiger partial charge is 0.162 e. The van der Waals surface area contributed by atoms with Gasteiger partial charge in [-0.1, -0.05) is 69.6 Å². The van der Waals surface area contributed by atoms with E-state index in [-0.39, 0.29) is 5.78 Å². The molecule has 21 heavy (non-hydrogen) atoms. The van der Waals surface area contributed by atoms with Crippen LogP contribution in [0.3, 0.4) is 0 Å². The Morgan fingerprint density at radius 1 is 1.24 bits per heavy atom. The lowest BCUT2D eigenvalue weighted by molar-refractivity contribution is 0.0988. The number of carbonyl (C=O) groups excluding carboxylic acids is 1. The summed E-state index contributed by atoms with van der Waals surface area (Å²) in [6.07, 6.45) is 7.98. The first-order chi connectivity index (χ1) is 10.2. The summed E-state index contributed by atoms with van der Waals surface area (Å²) in [5.41, 5.74) is 2.54. The number of benzene rings is 1. The molecule has 0 heterocycles. The van der Waals surface area contributed by atoms with Crippen LogP contribution in [0.15, 0.2) is 60.7 Å². The number of hydrogen-bond donors (Lipinski definition) is 0. The van der Waals surface area contributed by atoms with E-state index < -0.39 is 0 Å². The summed E-state index contributed by atoms with van der Waals surface area (Å²) in [6.45, 7) is 11.5. The molecule has 110 valence electrons. The van der Waals surface area contributed by atoms with Crippen LogP contribution in [-0.4, -0.2) is 5.78 Å². The normalized spacial score (nSPS) is 10.2. The highest BCUT2D eigenvalue weighted by Crippen LogP contribution is 2.06. The van der Waals surface area contributed by atoms with Gasteiger partial charge in [0.25, 0.3) is 0 Å². The first-order valence-electron chi connectivity index (χ1n) is 7.32. The van der Waals surface area contributed by atoms with Gasteiger partial charge in [0.15, 0.2) is 5.78 Å². The highest BCUT2D eigenvalue weighted by Gasteiger charge is 2.00. The fraction of sp³-hybridized carbons (Fsp3) is 0.250. The molecule has 0 N–H and O–H groups in total. The van der Waals surface area contributed by atoms with Gasteiger partial charge in [0.05, 0.1) is 0 Å². The number of ketones is 1. The zero-order valence-electron chi connectivity index (χ0n) is 13.4. The molecule has 0 fully saturated rings. The monoisotopic (exact) mass is 280 g/mol. The Labute approximate surface area is 129 Å². The van der Waals surface area contributed by atoms with Gasteiger partial charge < -0.3 is 0 Å². The van der Waals surface area contributed by atoms with Crippen molar-refractivity contribution in [1.82, 2.24) is 0 Å². The SMILES string of the molecule is C=C/C=C(C#Cc1ccc(C(=O)CC)cc1)\C=C/C.CC. The Hall–Kier alpha value is -2.33. The third kappa shape index (κ3) is 7.13. The van der Waals surface area contributed by atoms with Gasteiger partial charge in [0.2, 0.25) is 0 Å². The van der Waals surface area contributed by atoms with Crippen LogP contribution in [0.1, 0.15) is 50.0 Å². The molecule has 1 aromatic rings. The molecule has 0 radical (unpaired) electrons. The van der Waals surface area contributed by atoms with Crippen LogP contribution < -0.4 is 0 Å². The summed E-state index contributed by atoms with van der Waals surface area (Å²) >= 11 is 0. The minimum Gasteiger partial charge on any atom is -0.294 e. The summed E-state index contributed by atoms with van der Waals surface area (Å²) in [6, 6.07) is 7.39. The van der Waals surface area contributed by atoms with E-state index in [0.717, 1.165) is 16.7 Å². The van der Waals surface area contributed by atoms with Crippen LogP contribution in [-0.2, 0) is 0 Å². The maximum atomic E-state index is 11.5. The number of rotatable bonds is 4. The van der Waals surface area contributed by atoms with E-state index in [0.29, 0.717) is 6.42 Å². The van der Waals surface area contributed by atoms with Crippen molar-refractivity contribution in [2.45, 2.75) is 34.1 Å². The van der Waals surface area contributed by atoms with Crippen LogP contribution in [0, 0.1) is 11.8 Å². The Bertz CT molecular complexity index is 560. The first kappa shape index (κ1) is 18.7. The van der Waals surface area contributed by atoms with E-state index >= 15 is 0 Å². The molecule has 0 aliphatic rings. The van der Waals surface area contributed by atoms with Crippen LogP contribution in [0.2, 0.25) is 0 Å². The molecule has 0 bridgehead atoms. The summed E-state index contributed by atoms with van der Waals surface area (Å²) in [7, 11) is 0. The average Bonchev–Trinajstić information content (AvgIpc) is 2.54. The third-order valence-corrected chi connectivity index (χ3v) is 2.52. The molecule has 0 spiro atoms. The molecule has 0 unspecified atom stereocenters. The minimum atomic E-state index is 0.153. The summed E-state index contributed by atoms with van der Waals surface area (Å²) in [4.78, 5) is 11.5. The van der Waals surface area contributed by atoms with Crippen LogP contribution >= 0.6 is 0 Å². The average molecular weight is 280 g/mol. The maximum absolute atomic E-state index is 11.5. The van der Waals surface area contributed by atoms with E-state index in [1.165, 1.54) is 0 Å². The second-order valence-corrected chi connectivity index (χ2v) is 3.96. The standard InChI is InChI=1S/C18H18O.C2H6/c1-4-7-15(8-5-2)9-10-16-11-13-17(14-12-16)18(19)6-3;1-2/h4-5,7-8,11-14H,1,6H2,2-3H3;1-2H3/b8-5-,15-7+;. The van der Waals surface area contributed by atoms with Crippen molar-refractivity contribution < 1.29 is 4.79 Å². The highest BCUT2D eigenvalue weighted by molar-refractivity contribution is 5.95. The zero-order chi connectivity index (χ0) is 16.1. The van der Waals surface area contributed by atoms with Crippen molar-refractivity contribution in [2.24, 2.45) is 0 Å². The van der Waals surface area contributed by atoms with Crippen molar-refractivity contribution in [1.29, 1.82) is 0 Å². The van der Waals surface area contributed by atoms with Gasteiger partial charge in [0, 0.05) is 23.1 Å². The molecule has 0 amide bonds. The fourth-order valence-electron chi connectivity index (χ4n) is 1.53. The maximum Gasteiger partial charge on any atom is 0.162 e. The fourth-order valence-corrected chi connectivity index (χ4v) is 1.53. The molecule has 0 aliphatic heterocycles. The minimum absolute atomic E-state index is 0.153. The van der Waals surface area contributed by atoms with Crippen LogP contribution in [0.25, 0.3) is 0 Å². The molecular formula is C20H24O. The predicted octanol–water partition coefficient (Wildman–Crippen LogP) is 5.35. The van der Waals surface area contributed by atoms with Crippen molar-refractivity contribution in [2.75, 3.05) is 0 Å². The Morgan fingerprint density at radius 3 is 2.33 bits per heavy atom. The van der Waals surface area contributed by atoms with Crippen molar-refractivity contribution in [3.8, 4) is 11.8 Å². The second-order valence-electron chi connectivity index (χ2n) is 3.96. The van der Waals surface area contributed by atoms with Crippen LogP contribution in [0.4, 0.5) is 0 Å². The Kier molecular flexibility index (Phi) is 10.2. The summed E-state index contributed by atoms with van der Waals surface area (Å²) < 4.78 is 0. The predicted molar refractivity (Wildman–Crippen MR) is 92.4 cm³/mol. The van der Waals surface area contributed by atoms with Crippen molar-refractivity contribution in [3.05, 3.63) is 71.8 Å². The van der Waals surface area contributed by atoms with Crippen LogP contribution in [0.5, 0.6) is 0 Å². The molecule has 1 heteroatoms. The lowest BCUT2D eigenvalue weighted by Gasteiger charge is -1.97. The highest BCUT2D eigenvalue weighted by atomic mass is 16.1. The number of Topliss-reactive ketones (excluding diaryl/α,β-unsaturated/α-hetero) is 1. The van der Waals surface area contributed by atoms with E-state index in [2.05, 4.69) is 18.4 Å². The van der Waals surface area contributed by atoms with E-state index in [1.807, 2.05) is 70.2 Å². The molecule has 1 nitrogen and oxygen atoms in total. The quantitative estimate of drug-likeness (QED) is 0.413. The molecular weight excluding hydrogens is 256 g/mol. The van der Waals surface area contributed by atoms with Gasteiger partial charge in [-0.2, -0.15) is 0 Å². The summed E-state index contributed by atoms with van der Waals surface area (Å²) in [5, 5.41) is 0. The van der Waals surface area contributed by atoms with Gasteiger partial charge in [-0.3, -0.25) is 4.79 Å². The van der Waals surface area contributed by atoms with Gasteiger partial charge in [0.1, 0.15) is 0 Å². The molecule has 0 saturated carbocycles. The van der Waals surface area contributed by atoms with E-state index in [1.54, 1.807) is 6.08 Å². The lowest BCUT2D eigenvalue weighted by Crippen LogP contribution is -1.95. The molecule has 0 aliphatic carbocycles. The Balaban J connectivity index is 0.00000191. The molecule has 0 atom stereocenters. The van der Waals surface area contributed by atoms with Crippen molar-refractivity contribution >= 4 is 5.78 Å². The third-order valence-electron chi connectivity index (χ3n) is 2.52. The molecule has 0 saturated heterocycles. The first-order valence-corrected chi connectivity index (χ1v) is 7.32. The number of allylic oxidation sites excluding steroid dienone is 5. The topological polar surface area (TPSA) is 17.1 Å². The van der Waals surface area contributed by atoms with E-state index in [4.69, 9.17) is 0 Å². The number of carbonyl (C=O) groups is 1. The molecule has 1 rings (SSSR count). The number of hydrogen-bond acceptors (Lipinski definition) is 1. The van der Waals surface area contributed by atoms with Gasteiger partial charge in [-0.15, -0.1) is 0 Å². The molecule has 1 aromatic carbocycles. The summed E-state index contributed by atoms with van der Waals surface area (Å²) in [5.74, 6) is 6.29. The lowest BCUT2D eigenvalue weighted by atomic mass is 10.1. The van der Waals surface area contributed by atoms with E-state index in [9.17, 15) is 4.79 Å². The van der Waals surface area contributed by atoms with Gasteiger partial charge in [-0.25, -0.2) is 0 Å². The largest absolute Gasteiger partial charge is 0.294 e. The van der Waals surface area contributed by atoms with Gasteiger partial charge >= 0.3 is 0 Å². The molecule has 0 aromatic heterocycles. The Morgan fingerprint density at radius 2 is 1.86 bits per heavy atom. The zero-order valence-corrected chi connectivity index (χ0v) is 13.4. The van der Waals surface area contributed by atoms with Crippen molar-refractivity contribution in [3.63, 3.8) is 0 Å².